The number of nitro groups is 1. The minimum absolute atomic E-state index is 0.0156. The van der Waals surface area contributed by atoms with Crippen LogP contribution in [0.25, 0.3) is 0 Å². The van der Waals surface area contributed by atoms with Gasteiger partial charge in [-0.05, 0) is 17.7 Å². The van der Waals surface area contributed by atoms with Crippen LogP contribution in [0.15, 0.2) is 58.7 Å². The van der Waals surface area contributed by atoms with Crippen LogP contribution >= 0.6 is 11.8 Å². The van der Waals surface area contributed by atoms with Crippen LogP contribution in [0.5, 0.6) is 5.75 Å². The predicted octanol–water partition coefficient (Wildman–Crippen LogP) is 3.07. The van der Waals surface area contributed by atoms with E-state index in [1.54, 1.807) is 24.1 Å². The Hall–Kier alpha value is -3.20. The SMILES string of the molecule is COc1ccc(CN2C(=O)CSC2=NN=Cc2cccc([N+](=O)[O-])c2)cc1. The van der Waals surface area contributed by atoms with Crippen molar-refractivity contribution in [3.05, 3.63) is 69.8 Å². The Morgan fingerprint density at radius 3 is 2.78 bits per heavy atom. The molecule has 1 amide bonds. The zero-order valence-electron chi connectivity index (χ0n) is 14.4. The standard InChI is InChI=1S/C18H16N4O4S/c1-26-16-7-5-13(6-8-16)11-21-17(23)12-27-18(21)20-19-10-14-3-2-4-15(9-14)22(24)25/h2-10H,11-12H2,1H3. The Labute approximate surface area is 159 Å². The number of nitro benzene ring substituents is 1. The summed E-state index contributed by atoms with van der Waals surface area (Å²) in [4.78, 5) is 24.0. The predicted molar refractivity (Wildman–Crippen MR) is 104 cm³/mol. The second-order valence-electron chi connectivity index (χ2n) is 5.60. The van der Waals surface area contributed by atoms with E-state index < -0.39 is 4.92 Å². The van der Waals surface area contributed by atoms with Crippen molar-refractivity contribution < 1.29 is 14.5 Å². The molecule has 0 atom stereocenters. The summed E-state index contributed by atoms with van der Waals surface area (Å²) in [6.07, 6.45) is 1.43. The smallest absolute Gasteiger partial charge is 0.270 e. The topological polar surface area (TPSA) is 97.4 Å². The van der Waals surface area contributed by atoms with Gasteiger partial charge in [0.1, 0.15) is 5.75 Å². The van der Waals surface area contributed by atoms with Gasteiger partial charge in [-0.2, -0.15) is 5.10 Å². The zero-order valence-corrected chi connectivity index (χ0v) is 15.3. The maximum atomic E-state index is 12.1. The van der Waals surface area contributed by atoms with Crippen LogP contribution in [0.4, 0.5) is 5.69 Å². The first-order chi connectivity index (χ1) is 13.1. The van der Waals surface area contributed by atoms with E-state index >= 15 is 0 Å². The number of non-ortho nitro benzene ring substituents is 1. The van der Waals surface area contributed by atoms with E-state index in [-0.39, 0.29) is 11.6 Å². The molecule has 0 aromatic heterocycles. The van der Waals surface area contributed by atoms with Gasteiger partial charge in [-0.3, -0.25) is 19.8 Å². The van der Waals surface area contributed by atoms with Gasteiger partial charge < -0.3 is 4.74 Å². The minimum atomic E-state index is -0.467. The van der Waals surface area contributed by atoms with Gasteiger partial charge >= 0.3 is 0 Å². The largest absolute Gasteiger partial charge is 0.497 e. The number of carbonyl (C=O) groups is 1. The molecule has 1 aliphatic rings. The van der Waals surface area contributed by atoms with Gasteiger partial charge in [0.15, 0.2) is 5.17 Å². The van der Waals surface area contributed by atoms with Gasteiger partial charge in [0, 0.05) is 17.7 Å². The molecule has 27 heavy (non-hydrogen) atoms. The third-order valence-electron chi connectivity index (χ3n) is 3.79. The number of rotatable bonds is 6. The van der Waals surface area contributed by atoms with Gasteiger partial charge in [0.25, 0.3) is 5.69 Å². The molecule has 8 nitrogen and oxygen atoms in total. The number of carbonyl (C=O) groups excluding carboxylic acids is 1. The molecule has 0 spiro atoms. The maximum Gasteiger partial charge on any atom is 0.270 e. The van der Waals surface area contributed by atoms with E-state index in [4.69, 9.17) is 4.74 Å². The first-order valence-corrected chi connectivity index (χ1v) is 8.97. The van der Waals surface area contributed by atoms with Crippen LogP contribution in [0.1, 0.15) is 11.1 Å². The Morgan fingerprint density at radius 2 is 2.07 bits per heavy atom. The fourth-order valence-corrected chi connectivity index (χ4v) is 3.24. The number of methoxy groups -OCH3 is 1. The lowest BCUT2D eigenvalue weighted by molar-refractivity contribution is -0.384. The summed E-state index contributed by atoms with van der Waals surface area (Å²) in [6.45, 7) is 0.390. The van der Waals surface area contributed by atoms with E-state index in [9.17, 15) is 14.9 Å². The van der Waals surface area contributed by atoms with Gasteiger partial charge in [-0.1, -0.05) is 36.0 Å². The molecule has 0 aliphatic carbocycles. The second kappa shape index (κ2) is 8.45. The van der Waals surface area contributed by atoms with Crippen LogP contribution in [0.2, 0.25) is 0 Å². The highest BCUT2D eigenvalue weighted by Gasteiger charge is 2.28. The van der Waals surface area contributed by atoms with E-state index in [0.717, 1.165) is 11.3 Å². The van der Waals surface area contributed by atoms with Crippen LogP contribution in [-0.4, -0.2) is 40.0 Å². The minimum Gasteiger partial charge on any atom is -0.497 e. The summed E-state index contributed by atoms with van der Waals surface area (Å²) in [5.74, 6) is 1.01. The highest BCUT2D eigenvalue weighted by molar-refractivity contribution is 8.15. The van der Waals surface area contributed by atoms with Crippen molar-refractivity contribution in [2.24, 2.45) is 10.2 Å². The lowest BCUT2D eigenvalue weighted by atomic mass is 10.2. The van der Waals surface area contributed by atoms with Crippen molar-refractivity contribution in [2.45, 2.75) is 6.54 Å². The number of benzene rings is 2. The Balaban J connectivity index is 1.72. The van der Waals surface area contributed by atoms with E-state index in [2.05, 4.69) is 10.2 Å². The zero-order chi connectivity index (χ0) is 19.2. The molecule has 1 saturated heterocycles. The highest BCUT2D eigenvalue weighted by Crippen LogP contribution is 2.23. The molecule has 0 N–H and O–H groups in total. The number of hydrogen-bond acceptors (Lipinski definition) is 7. The molecule has 0 bridgehead atoms. The molecule has 9 heteroatoms. The van der Waals surface area contributed by atoms with Crippen LogP contribution in [0, 0.1) is 10.1 Å². The molecular weight excluding hydrogens is 368 g/mol. The molecule has 1 aliphatic heterocycles. The molecule has 0 saturated carbocycles. The third-order valence-corrected chi connectivity index (χ3v) is 4.74. The second-order valence-corrected chi connectivity index (χ2v) is 6.54. The number of ether oxygens (including phenoxy) is 1. The number of hydrogen-bond donors (Lipinski definition) is 0. The average Bonchev–Trinajstić information content (AvgIpc) is 3.02. The normalized spacial score (nSPS) is 15.7. The molecule has 0 unspecified atom stereocenters. The first-order valence-electron chi connectivity index (χ1n) is 7.98. The van der Waals surface area contributed by atoms with Crippen molar-refractivity contribution in [3.63, 3.8) is 0 Å². The van der Waals surface area contributed by atoms with Crippen molar-refractivity contribution in [1.29, 1.82) is 0 Å². The van der Waals surface area contributed by atoms with Crippen LogP contribution in [-0.2, 0) is 11.3 Å². The summed E-state index contributed by atoms with van der Waals surface area (Å²) >= 11 is 1.31. The third kappa shape index (κ3) is 4.70. The maximum absolute atomic E-state index is 12.1. The van der Waals surface area contributed by atoms with Gasteiger partial charge in [-0.15, -0.1) is 5.10 Å². The fraction of sp³-hybridized carbons (Fsp3) is 0.167. The summed E-state index contributed by atoms with van der Waals surface area (Å²) in [6, 6.07) is 13.5. The Kier molecular flexibility index (Phi) is 5.82. The van der Waals surface area contributed by atoms with E-state index in [1.807, 2.05) is 24.3 Å². The van der Waals surface area contributed by atoms with Crippen LogP contribution in [0.3, 0.4) is 0 Å². The monoisotopic (exact) mass is 384 g/mol. The number of thioether (sulfide) groups is 1. The van der Waals surface area contributed by atoms with Crippen LogP contribution < -0.4 is 4.74 Å². The van der Waals surface area contributed by atoms with Crippen molar-refractivity contribution in [2.75, 3.05) is 12.9 Å². The van der Waals surface area contributed by atoms with Gasteiger partial charge in [-0.25, -0.2) is 0 Å². The van der Waals surface area contributed by atoms with Gasteiger partial charge in [0.2, 0.25) is 5.91 Å². The quantitative estimate of drug-likeness (QED) is 0.433. The van der Waals surface area contributed by atoms with Gasteiger partial charge in [0.05, 0.1) is 30.5 Å². The highest BCUT2D eigenvalue weighted by atomic mass is 32.2. The molecule has 2 aromatic carbocycles. The summed E-state index contributed by atoms with van der Waals surface area (Å²) in [5.41, 5.74) is 1.49. The lowest BCUT2D eigenvalue weighted by Gasteiger charge is -2.15. The van der Waals surface area contributed by atoms with Crippen molar-refractivity contribution >= 4 is 34.7 Å². The molecule has 1 heterocycles. The summed E-state index contributed by atoms with van der Waals surface area (Å²) in [7, 11) is 1.60. The average molecular weight is 384 g/mol. The Bertz CT molecular complexity index is 912. The first kappa shape index (κ1) is 18.6. The summed E-state index contributed by atoms with van der Waals surface area (Å²) < 4.78 is 5.13. The molecule has 2 aromatic rings. The number of amidine groups is 1. The fourth-order valence-electron chi connectivity index (χ4n) is 2.40. The molecule has 3 rings (SSSR count). The summed E-state index contributed by atoms with van der Waals surface area (Å²) in [5, 5.41) is 19.4. The Morgan fingerprint density at radius 1 is 1.30 bits per heavy atom. The van der Waals surface area contributed by atoms with E-state index in [0.29, 0.717) is 23.0 Å². The number of nitrogens with zero attached hydrogens (tertiary/aromatic N) is 4. The molecule has 138 valence electrons. The van der Waals surface area contributed by atoms with Crippen molar-refractivity contribution in [1.82, 2.24) is 4.90 Å². The van der Waals surface area contributed by atoms with E-state index in [1.165, 1.54) is 30.1 Å². The molecule has 0 radical (unpaired) electrons. The molecule has 1 fully saturated rings. The number of amides is 1. The lowest BCUT2D eigenvalue weighted by Crippen LogP contribution is -2.28. The molecular formula is C18H16N4O4S. The van der Waals surface area contributed by atoms with Crippen molar-refractivity contribution in [3.8, 4) is 5.75 Å².